The lowest BCUT2D eigenvalue weighted by Gasteiger charge is -2.04. The zero-order valence-electron chi connectivity index (χ0n) is 13.4. The van der Waals surface area contributed by atoms with Gasteiger partial charge in [0.2, 0.25) is 0 Å². The maximum Gasteiger partial charge on any atom is 0.129 e. The van der Waals surface area contributed by atoms with Crippen LogP contribution < -0.4 is 0 Å². The molecule has 1 aromatic rings. The second-order valence-electron chi connectivity index (χ2n) is 5.98. The molecule has 2 aliphatic rings. The number of benzene rings is 1. The maximum atomic E-state index is 5.61. The second-order valence-corrected chi connectivity index (χ2v) is 5.98. The van der Waals surface area contributed by atoms with Crippen LogP contribution in [0.5, 0.6) is 0 Å². The van der Waals surface area contributed by atoms with Crippen molar-refractivity contribution in [1.29, 1.82) is 0 Å². The van der Waals surface area contributed by atoms with Gasteiger partial charge in [-0.05, 0) is 18.4 Å². The summed E-state index contributed by atoms with van der Waals surface area (Å²) in [6, 6.07) is 10.9. The normalized spacial score (nSPS) is 26.1. The molecule has 2 fully saturated rings. The Hall–Kier alpha value is -1.91. The van der Waals surface area contributed by atoms with Crippen molar-refractivity contribution in [3.05, 3.63) is 60.7 Å². The van der Waals surface area contributed by atoms with Crippen LogP contribution in [0.25, 0.3) is 0 Å². The SMILES string of the molecule is C=CCOC/C=C/CCC1(/C=N/N2CC2c2ccccc2)CO1. The monoisotopic (exact) mass is 312 g/mol. The standard InChI is InChI=1S/C19H24N2O2/c1-2-12-22-13-8-4-7-11-19(16-23-19)15-20-21-14-18(21)17-9-5-3-6-10-17/h2-6,8-10,15,18H,1,7,11-14,16H2/b8-4+,20-15+. The van der Waals surface area contributed by atoms with E-state index in [0.29, 0.717) is 19.3 Å². The van der Waals surface area contributed by atoms with Crippen LogP contribution in [0.1, 0.15) is 24.4 Å². The van der Waals surface area contributed by atoms with E-state index in [4.69, 9.17) is 9.47 Å². The van der Waals surface area contributed by atoms with Gasteiger partial charge in [0.1, 0.15) is 5.60 Å². The van der Waals surface area contributed by atoms with Crippen molar-refractivity contribution < 1.29 is 9.47 Å². The van der Waals surface area contributed by atoms with Crippen LogP contribution in [0.15, 0.2) is 60.2 Å². The molecule has 0 bridgehead atoms. The second kappa shape index (κ2) is 7.57. The number of allylic oxidation sites excluding steroid dienone is 1. The lowest BCUT2D eigenvalue weighted by Crippen LogP contribution is -2.13. The predicted octanol–water partition coefficient (Wildman–Crippen LogP) is 3.34. The third kappa shape index (κ3) is 4.78. The summed E-state index contributed by atoms with van der Waals surface area (Å²) in [4.78, 5) is 0. The van der Waals surface area contributed by atoms with E-state index in [9.17, 15) is 0 Å². The highest BCUT2D eigenvalue weighted by Gasteiger charge is 2.43. The third-order valence-corrected chi connectivity index (χ3v) is 4.08. The van der Waals surface area contributed by atoms with Crippen LogP contribution in [-0.2, 0) is 9.47 Å². The highest BCUT2D eigenvalue weighted by molar-refractivity contribution is 5.72. The molecule has 2 atom stereocenters. The zero-order chi connectivity index (χ0) is 16.0. The van der Waals surface area contributed by atoms with Gasteiger partial charge in [-0.1, -0.05) is 48.6 Å². The first-order valence-electron chi connectivity index (χ1n) is 8.17. The predicted molar refractivity (Wildman–Crippen MR) is 92.5 cm³/mol. The molecule has 4 heteroatoms. The van der Waals surface area contributed by atoms with Gasteiger partial charge >= 0.3 is 0 Å². The molecule has 23 heavy (non-hydrogen) atoms. The average Bonchev–Trinajstić information content (AvgIpc) is 3.49. The van der Waals surface area contributed by atoms with Crippen molar-refractivity contribution in [3.63, 3.8) is 0 Å². The molecule has 122 valence electrons. The van der Waals surface area contributed by atoms with Crippen LogP contribution in [0, 0.1) is 0 Å². The van der Waals surface area contributed by atoms with Gasteiger partial charge in [-0.15, -0.1) is 6.58 Å². The van der Waals surface area contributed by atoms with E-state index in [1.807, 2.05) is 18.4 Å². The van der Waals surface area contributed by atoms with Gasteiger partial charge in [-0.25, -0.2) is 0 Å². The van der Waals surface area contributed by atoms with Gasteiger partial charge in [0.25, 0.3) is 0 Å². The minimum atomic E-state index is -0.143. The molecule has 3 rings (SSSR count). The Morgan fingerprint density at radius 3 is 2.87 bits per heavy atom. The van der Waals surface area contributed by atoms with E-state index in [2.05, 4.69) is 47.0 Å². The number of ether oxygens (including phenoxy) is 2. The molecule has 2 aliphatic heterocycles. The minimum absolute atomic E-state index is 0.143. The van der Waals surface area contributed by atoms with Crippen molar-refractivity contribution in [2.24, 2.45) is 5.10 Å². The molecule has 0 radical (unpaired) electrons. The number of rotatable bonds is 10. The first-order valence-corrected chi connectivity index (χ1v) is 8.17. The fourth-order valence-electron chi connectivity index (χ4n) is 2.50. The summed E-state index contributed by atoms with van der Waals surface area (Å²) in [6.45, 7) is 6.63. The number of hydrogen-bond acceptors (Lipinski definition) is 4. The molecule has 2 saturated heterocycles. The average molecular weight is 312 g/mol. The van der Waals surface area contributed by atoms with E-state index in [-0.39, 0.29) is 5.60 Å². The third-order valence-electron chi connectivity index (χ3n) is 4.08. The van der Waals surface area contributed by atoms with Gasteiger partial charge in [0, 0.05) is 0 Å². The highest BCUT2D eigenvalue weighted by Crippen LogP contribution is 2.36. The molecule has 2 unspecified atom stereocenters. The fraction of sp³-hybridized carbons (Fsp3) is 0.421. The largest absolute Gasteiger partial charge is 0.373 e. The number of nitrogens with zero attached hydrogens (tertiary/aromatic N) is 2. The first-order chi connectivity index (χ1) is 11.3. The first kappa shape index (κ1) is 16.0. The molecule has 4 nitrogen and oxygen atoms in total. The molecule has 0 aromatic heterocycles. The number of epoxide rings is 1. The Morgan fingerprint density at radius 2 is 2.13 bits per heavy atom. The van der Waals surface area contributed by atoms with E-state index < -0.39 is 0 Å². The van der Waals surface area contributed by atoms with Crippen LogP contribution >= 0.6 is 0 Å². The summed E-state index contributed by atoms with van der Waals surface area (Å²) in [5.41, 5.74) is 1.19. The summed E-state index contributed by atoms with van der Waals surface area (Å²) in [6.07, 6.45) is 9.88. The van der Waals surface area contributed by atoms with Crippen LogP contribution in [0.4, 0.5) is 0 Å². The van der Waals surface area contributed by atoms with Crippen LogP contribution in [0.3, 0.4) is 0 Å². The zero-order valence-corrected chi connectivity index (χ0v) is 13.4. The Bertz CT molecular complexity index is 564. The summed E-state index contributed by atoms with van der Waals surface area (Å²) >= 11 is 0. The van der Waals surface area contributed by atoms with E-state index in [0.717, 1.165) is 26.0 Å². The Labute approximate surface area is 138 Å². The van der Waals surface area contributed by atoms with Crippen molar-refractivity contribution >= 4 is 6.21 Å². The molecule has 0 N–H and O–H groups in total. The molecular formula is C19H24N2O2. The number of hydrazone groups is 1. The van der Waals surface area contributed by atoms with Gasteiger partial charge in [-0.3, -0.25) is 5.01 Å². The maximum absolute atomic E-state index is 5.61. The molecule has 0 aliphatic carbocycles. The van der Waals surface area contributed by atoms with Gasteiger partial charge < -0.3 is 9.47 Å². The Morgan fingerprint density at radius 1 is 1.30 bits per heavy atom. The Balaban J connectivity index is 1.37. The van der Waals surface area contributed by atoms with Crippen molar-refractivity contribution in [2.75, 3.05) is 26.4 Å². The molecule has 1 aromatic carbocycles. The van der Waals surface area contributed by atoms with Crippen LogP contribution in [0.2, 0.25) is 0 Å². The molecular weight excluding hydrogens is 288 g/mol. The molecule has 0 amide bonds. The molecule has 0 spiro atoms. The molecule has 0 saturated carbocycles. The highest BCUT2D eigenvalue weighted by atomic mass is 16.6. The van der Waals surface area contributed by atoms with E-state index >= 15 is 0 Å². The van der Waals surface area contributed by atoms with E-state index in [1.54, 1.807) is 6.08 Å². The quantitative estimate of drug-likeness (QED) is 0.288. The van der Waals surface area contributed by atoms with Gasteiger partial charge in [0.05, 0.1) is 38.6 Å². The van der Waals surface area contributed by atoms with E-state index in [1.165, 1.54) is 5.56 Å². The number of hydrogen-bond donors (Lipinski definition) is 0. The minimum Gasteiger partial charge on any atom is -0.373 e. The van der Waals surface area contributed by atoms with Crippen molar-refractivity contribution in [1.82, 2.24) is 5.01 Å². The topological polar surface area (TPSA) is 37.1 Å². The van der Waals surface area contributed by atoms with Gasteiger partial charge in [0.15, 0.2) is 0 Å². The van der Waals surface area contributed by atoms with Crippen LogP contribution in [-0.4, -0.2) is 43.2 Å². The van der Waals surface area contributed by atoms with Crippen molar-refractivity contribution in [2.45, 2.75) is 24.5 Å². The summed E-state index contributed by atoms with van der Waals surface area (Å²) in [5, 5.41) is 6.70. The lowest BCUT2D eigenvalue weighted by molar-refractivity contribution is 0.194. The van der Waals surface area contributed by atoms with Crippen molar-refractivity contribution in [3.8, 4) is 0 Å². The fourth-order valence-corrected chi connectivity index (χ4v) is 2.50. The van der Waals surface area contributed by atoms with Gasteiger partial charge in [-0.2, -0.15) is 5.10 Å². The molecule has 2 heterocycles. The summed E-state index contributed by atoms with van der Waals surface area (Å²) in [5.74, 6) is 0. The summed E-state index contributed by atoms with van der Waals surface area (Å²) < 4.78 is 10.9. The Kier molecular flexibility index (Phi) is 5.26. The summed E-state index contributed by atoms with van der Waals surface area (Å²) in [7, 11) is 0. The lowest BCUT2D eigenvalue weighted by atomic mass is 10.1. The smallest absolute Gasteiger partial charge is 0.129 e.